The maximum atomic E-state index is 13.9. The van der Waals surface area contributed by atoms with Gasteiger partial charge in [0.05, 0.1) is 33.4 Å². The van der Waals surface area contributed by atoms with Crippen LogP contribution >= 0.6 is 11.3 Å². The predicted octanol–water partition coefficient (Wildman–Crippen LogP) is 3.70. The summed E-state index contributed by atoms with van der Waals surface area (Å²) < 4.78 is 7.25. The van der Waals surface area contributed by atoms with Crippen LogP contribution in [0.3, 0.4) is 0 Å². The molecule has 1 aromatic heterocycles. The number of piperidine rings is 1. The van der Waals surface area contributed by atoms with Crippen molar-refractivity contribution in [2.45, 2.75) is 39.2 Å². The van der Waals surface area contributed by atoms with E-state index in [1.807, 2.05) is 30.3 Å². The van der Waals surface area contributed by atoms with Gasteiger partial charge in [-0.2, -0.15) is 0 Å². The molecule has 0 saturated carbocycles. The van der Waals surface area contributed by atoms with E-state index in [-0.39, 0.29) is 17.9 Å². The maximum absolute atomic E-state index is 13.9. The number of nitro benzene ring substituents is 1. The van der Waals surface area contributed by atoms with Gasteiger partial charge in [-0.05, 0) is 50.8 Å². The fraction of sp³-hybridized carbons (Fsp3) is 0.321. The van der Waals surface area contributed by atoms with E-state index in [1.165, 1.54) is 28.0 Å². The highest BCUT2D eigenvalue weighted by atomic mass is 32.1. The third-order valence-electron chi connectivity index (χ3n) is 6.84. The minimum absolute atomic E-state index is 0.0348. The molecule has 38 heavy (non-hydrogen) atoms. The molecule has 5 rings (SSSR count). The van der Waals surface area contributed by atoms with Crippen LogP contribution in [-0.4, -0.2) is 35.2 Å². The molecule has 1 atom stereocenters. The first-order valence-electron chi connectivity index (χ1n) is 12.7. The van der Waals surface area contributed by atoms with Crippen LogP contribution in [0, 0.1) is 10.1 Å². The van der Waals surface area contributed by atoms with Gasteiger partial charge in [-0.15, -0.1) is 0 Å². The smallest absolute Gasteiger partial charge is 0.338 e. The van der Waals surface area contributed by atoms with E-state index in [9.17, 15) is 19.7 Å². The Morgan fingerprint density at radius 3 is 2.61 bits per heavy atom. The van der Waals surface area contributed by atoms with Crippen molar-refractivity contribution in [2.75, 3.05) is 24.6 Å². The molecule has 0 N–H and O–H groups in total. The fourth-order valence-electron chi connectivity index (χ4n) is 5.08. The van der Waals surface area contributed by atoms with E-state index in [2.05, 4.69) is 9.89 Å². The number of carbonyl (C=O) groups is 1. The van der Waals surface area contributed by atoms with Crippen molar-refractivity contribution in [3.8, 4) is 0 Å². The van der Waals surface area contributed by atoms with Gasteiger partial charge in [0.15, 0.2) is 4.80 Å². The second-order valence-electron chi connectivity index (χ2n) is 9.26. The standard InChI is InChI=1S/C28H28N4O5S/c1-3-37-27(34)24-18(2)29-28-31(25(24)19-10-6-4-7-11-19)26(33)23(38-28)17-20-16-21(32(35)36)12-13-22(20)30-14-8-5-9-15-30/h4,6-7,10-13,16-17,25H,3,5,8-9,14-15H2,1-2H3/b23-17-. The molecule has 1 fully saturated rings. The van der Waals surface area contributed by atoms with Gasteiger partial charge in [0.2, 0.25) is 0 Å². The minimum Gasteiger partial charge on any atom is -0.463 e. The molecule has 2 aliphatic rings. The van der Waals surface area contributed by atoms with Crippen molar-refractivity contribution in [3.63, 3.8) is 0 Å². The number of ether oxygens (including phenoxy) is 1. The molecule has 3 aromatic rings. The number of benzene rings is 2. The Hall–Kier alpha value is -4.05. The first kappa shape index (κ1) is 25.6. The van der Waals surface area contributed by atoms with E-state index in [4.69, 9.17) is 4.74 Å². The molecule has 1 saturated heterocycles. The van der Waals surface area contributed by atoms with Crippen molar-refractivity contribution in [3.05, 3.63) is 101 Å². The third-order valence-corrected chi connectivity index (χ3v) is 7.82. The SMILES string of the molecule is CCOC(=O)C1=C(C)N=c2s/c(=C\c3cc([N+](=O)[O-])ccc3N3CCCCC3)c(=O)n2C1c1ccccc1. The van der Waals surface area contributed by atoms with Crippen molar-refractivity contribution >= 4 is 34.8 Å². The van der Waals surface area contributed by atoms with Crippen LogP contribution in [0.5, 0.6) is 0 Å². The molecule has 196 valence electrons. The van der Waals surface area contributed by atoms with E-state index >= 15 is 0 Å². The summed E-state index contributed by atoms with van der Waals surface area (Å²) in [6.45, 7) is 5.40. The number of thiazole rings is 1. The maximum Gasteiger partial charge on any atom is 0.338 e. The number of hydrogen-bond acceptors (Lipinski definition) is 8. The van der Waals surface area contributed by atoms with Gasteiger partial charge >= 0.3 is 5.97 Å². The van der Waals surface area contributed by atoms with Gasteiger partial charge in [-0.3, -0.25) is 19.5 Å². The summed E-state index contributed by atoms with van der Waals surface area (Å²) in [7, 11) is 0. The zero-order chi connectivity index (χ0) is 26.8. The monoisotopic (exact) mass is 532 g/mol. The second-order valence-corrected chi connectivity index (χ2v) is 10.3. The molecule has 10 heteroatoms. The lowest BCUT2D eigenvalue weighted by molar-refractivity contribution is -0.384. The van der Waals surface area contributed by atoms with Gasteiger partial charge < -0.3 is 9.64 Å². The van der Waals surface area contributed by atoms with E-state index < -0.39 is 16.9 Å². The largest absolute Gasteiger partial charge is 0.463 e. The fourth-order valence-corrected chi connectivity index (χ4v) is 6.11. The lowest BCUT2D eigenvalue weighted by Crippen LogP contribution is -2.40. The summed E-state index contributed by atoms with van der Waals surface area (Å²) in [5.74, 6) is -0.511. The highest BCUT2D eigenvalue weighted by Gasteiger charge is 2.33. The normalized spacial score (nSPS) is 17.7. The summed E-state index contributed by atoms with van der Waals surface area (Å²) in [6.07, 6.45) is 4.96. The Labute approximate surface area is 223 Å². The number of allylic oxidation sites excluding steroid dienone is 1. The topological polar surface area (TPSA) is 107 Å². The average molecular weight is 533 g/mol. The van der Waals surface area contributed by atoms with Crippen LogP contribution in [0.2, 0.25) is 0 Å². The molecule has 3 heterocycles. The summed E-state index contributed by atoms with van der Waals surface area (Å²) >= 11 is 1.21. The van der Waals surface area contributed by atoms with Gasteiger partial charge in [0.25, 0.3) is 11.2 Å². The number of nitrogens with zero attached hydrogens (tertiary/aromatic N) is 4. The summed E-state index contributed by atoms with van der Waals surface area (Å²) in [5, 5.41) is 11.6. The summed E-state index contributed by atoms with van der Waals surface area (Å²) in [4.78, 5) is 45.3. The first-order chi connectivity index (χ1) is 18.4. The van der Waals surface area contributed by atoms with Gasteiger partial charge in [-0.25, -0.2) is 9.79 Å². The average Bonchev–Trinajstić information content (AvgIpc) is 3.22. The molecule has 1 unspecified atom stereocenters. The number of hydrogen-bond donors (Lipinski definition) is 0. The van der Waals surface area contributed by atoms with E-state index in [0.29, 0.717) is 26.2 Å². The summed E-state index contributed by atoms with van der Waals surface area (Å²) in [5.41, 5.74) is 2.71. The number of nitro groups is 1. The van der Waals surface area contributed by atoms with Gasteiger partial charge in [0.1, 0.15) is 0 Å². The zero-order valence-corrected chi connectivity index (χ0v) is 22.1. The Balaban J connectivity index is 1.71. The van der Waals surface area contributed by atoms with Crippen LogP contribution < -0.4 is 19.8 Å². The minimum atomic E-state index is -0.694. The number of aromatic nitrogens is 1. The van der Waals surface area contributed by atoms with Crippen molar-refractivity contribution in [1.82, 2.24) is 4.57 Å². The van der Waals surface area contributed by atoms with Crippen LogP contribution in [-0.2, 0) is 9.53 Å². The molecule has 2 aliphatic heterocycles. The molecule has 2 aromatic carbocycles. The Morgan fingerprint density at radius 1 is 1.18 bits per heavy atom. The molecule has 0 bridgehead atoms. The highest BCUT2D eigenvalue weighted by Crippen LogP contribution is 2.31. The summed E-state index contributed by atoms with van der Waals surface area (Å²) in [6, 6.07) is 13.4. The van der Waals surface area contributed by atoms with Crippen LogP contribution in [0.1, 0.15) is 50.3 Å². The number of carbonyl (C=O) groups excluding carboxylic acids is 1. The van der Waals surface area contributed by atoms with E-state index in [0.717, 1.165) is 43.6 Å². The molecule has 0 radical (unpaired) electrons. The molecule has 0 aliphatic carbocycles. The molecule has 9 nitrogen and oxygen atoms in total. The first-order valence-corrected chi connectivity index (χ1v) is 13.5. The van der Waals surface area contributed by atoms with Crippen LogP contribution in [0.15, 0.2) is 69.6 Å². The van der Waals surface area contributed by atoms with Gasteiger partial charge in [-0.1, -0.05) is 41.7 Å². The van der Waals surface area contributed by atoms with E-state index in [1.54, 1.807) is 26.0 Å². The third kappa shape index (κ3) is 4.79. The quantitative estimate of drug-likeness (QED) is 0.272. The lowest BCUT2D eigenvalue weighted by Gasteiger charge is -2.30. The Morgan fingerprint density at radius 2 is 1.92 bits per heavy atom. The molecular formula is C28H28N4O5S. The van der Waals surface area contributed by atoms with Crippen molar-refractivity contribution < 1.29 is 14.5 Å². The molecule has 0 amide bonds. The number of non-ortho nitro benzene ring substituents is 1. The van der Waals surface area contributed by atoms with Gasteiger partial charge in [0, 0.05) is 36.5 Å². The number of rotatable bonds is 6. The van der Waals surface area contributed by atoms with Crippen molar-refractivity contribution in [2.24, 2.45) is 4.99 Å². The predicted molar refractivity (Wildman–Crippen MR) is 146 cm³/mol. The number of esters is 1. The Kier molecular flexibility index (Phi) is 7.24. The van der Waals surface area contributed by atoms with Crippen LogP contribution in [0.25, 0.3) is 6.08 Å². The van der Waals surface area contributed by atoms with Crippen LogP contribution in [0.4, 0.5) is 11.4 Å². The lowest BCUT2D eigenvalue weighted by atomic mass is 9.96. The number of fused-ring (bicyclic) bond motifs is 1. The highest BCUT2D eigenvalue weighted by molar-refractivity contribution is 7.07. The molecular weight excluding hydrogens is 504 g/mol. The number of anilines is 1. The Bertz CT molecular complexity index is 1600. The second kappa shape index (κ2) is 10.7. The zero-order valence-electron chi connectivity index (χ0n) is 21.3. The van der Waals surface area contributed by atoms with Crippen molar-refractivity contribution in [1.29, 1.82) is 0 Å². The molecule has 0 spiro atoms.